The molecule has 0 saturated heterocycles. The highest BCUT2D eigenvalue weighted by molar-refractivity contribution is 9.10. The predicted molar refractivity (Wildman–Crippen MR) is 140 cm³/mol. The summed E-state index contributed by atoms with van der Waals surface area (Å²) in [5, 5.41) is 5.15. The van der Waals surface area contributed by atoms with E-state index in [9.17, 15) is 9.18 Å². The Morgan fingerprint density at radius 3 is 2.66 bits per heavy atom. The van der Waals surface area contributed by atoms with Crippen molar-refractivity contribution in [1.82, 2.24) is 9.66 Å². The maximum Gasteiger partial charge on any atom is 0.282 e. The molecule has 1 aliphatic carbocycles. The highest BCUT2D eigenvalue weighted by Crippen LogP contribution is 2.32. The van der Waals surface area contributed by atoms with Crippen molar-refractivity contribution in [2.24, 2.45) is 5.10 Å². The van der Waals surface area contributed by atoms with E-state index in [0.717, 1.165) is 30.2 Å². The fraction of sp³-hybridized carbons (Fsp3) is 0.250. The van der Waals surface area contributed by atoms with Gasteiger partial charge in [-0.05, 0) is 49.2 Å². The van der Waals surface area contributed by atoms with Crippen LogP contribution in [0.3, 0.4) is 0 Å². The van der Waals surface area contributed by atoms with Crippen molar-refractivity contribution in [2.75, 3.05) is 0 Å². The molecule has 0 unspecified atom stereocenters. The lowest BCUT2D eigenvalue weighted by Gasteiger charge is -2.22. The van der Waals surface area contributed by atoms with Crippen molar-refractivity contribution in [3.8, 4) is 5.75 Å². The van der Waals surface area contributed by atoms with E-state index >= 15 is 0 Å². The minimum Gasteiger partial charge on any atom is -0.488 e. The molecule has 0 aliphatic heterocycles. The zero-order valence-electron chi connectivity index (χ0n) is 19.2. The summed E-state index contributed by atoms with van der Waals surface area (Å²) >= 11 is 3.50. The first-order valence-corrected chi connectivity index (χ1v) is 12.6. The van der Waals surface area contributed by atoms with Crippen LogP contribution in [-0.2, 0) is 6.61 Å². The second-order valence-electron chi connectivity index (χ2n) is 8.75. The van der Waals surface area contributed by atoms with E-state index in [1.165, 1.54) is 17.2 Å². The third kappa shape index (κ3) is 5.20. The Hall–Kier alpha value is -3.32. The third-order valence-corrected chi connectivity index (χ3v) is 6.87. The molecule has 0 atom stereocenters. The number of aromatic nitrogens is 2. The van der Waals surface area contributed by atoms with Gasteiger partial charge in [-0.1, -0.05) is 65.5 Å². The first-order valence-electron chi connectivity index (χ1n) is 11.8. The molecule has 0 amide bonds. The van der Waals surface area contributed by atoms with Gasteiger partial charge in [0.2, 0.25) is 0 Å². The number of para-hydroxylation sites is 1. The first-order chi connectivity index (χ1) is 17.1. The predicted octanol–water partition coefficient (Wildman–Crippen LogP) is 6.81. The van der Waals surface area contributed by atoms with Gasteiger partial charge in [-0.2, -0.15) is 9.78 Å². The van der Waals surface area contributed by atoms with Crippen LogP contribution in [0.2, 0.25) is 0 Å². The number of hydrogen-bond acceptors (Lipinski definition) is 4. The second kappa shape index (κ2) is 10.5. The summed E-state index contributed by atoms with van der Waals surface area (Å²) in [5.41, 5.74) is 1.65. The molecular weight excluding hydrogens is 509 g/mol. The van der Waals surface area contributed by atoms with Gasteiger partial charge in [-0.25, -0.2) is 9.37 Å². The molecule has 7 heteroatoms. The van der Waals surface area contributed by atoms with Crippen LogP contribution in [0.15, 0.2) is 81.1 Å². The smallest absolute Gasteiger partial charge is 0.282 e. The molecule has 0 spiro atoms. The molecule has 1 aromatic heterocycles. The lowest BCUT2D eigenvalue weighted by Crippen LogP contribution is -2.25. The Morgan fingerprint density at radius 1 is 1.06 bits per heavy atom. The molecule has 35 heavy (non-hydrogen) atoms. The average Bonchev–Trinajstić information content (AvgIpc) is 2.89. The zero-order chi connectivity index (χ0) is 24.2. The van der Waals surface area contributed by atoms with E-state index in [-0.39, 0.29) is 23.9 Å². The summed E-state index contributed by atoms with van der Waals surface area (Å²) in [6.45, 7) is 0.0833. The zero-order valence-corrected chi connectivity index (χ0v) is 20.7. The van der Waals surface area contributed by atoms with Crippen molar-refractivity contribution in [1.29, 1.82) is 0 Å². The van der Waals surface area contributed by atoms with Gasteiger partial charge in [-0.15, -0.1) is 0 Å². The molecular formula is C28H25BrFN3O2. The lowest BCUT2D eigenvalue weighted by atomic mass is 9.88. The maximum absolute atomic E-state index is 14.1. The standard InChI is InChI=1S/C28H25BrFN3O2/c29-22-14-15-26(35-18-20-10-4-6-12-24(20)30)21(16-22)17-31-33-27(19-8-2-1-3-9-19)32-25-13-7-5-11-23(25)28(33)34/h4-7,10-17,19H,1-3,8-9,18H2. The molecule has 0 bridgehead atoms. The molecule has 0 radical (unpaired) electrons. The lowest BCUT2D eigenvalue weighted by molar-refractivity contribution is 0.299. The molecule has 5 rings (SSSR count). The summed E-state index contributed by atoms with van der Waals surface area (Å²) < 4.78 is 22.3. The summed E-state index contributed by atoms with van der Waals surface area (Å²) in [6.07, 6.45) is 7.06. The molecule has 5 nitrogen and oxygen atoms in total. The van der Waals surface area contributed by atoms with E-state index in [1.807, 2.05) is 30.3 Å². The molecule has 178 valence electrons. The topological polar surface area (TPSA) is 56.5 Å². The van der Waals surface area contributed by atoms with Crippen molar-refractivity contribution in [2.45, 2.75) is 44.6 Å². The van der Waals surface area contributed by atoms with E-state index in [4.69, 9.17) is 9.72 Å². The Labute approximate surface area is 211 Å². The number of rotatable bonds is 6. The van der Waals surface area contributed by atoms with Gasteiger partial charge in [0.25, 0.3) is 5.56 Å². The number of ether oxygens (including phenoxy) is 1. The molecule has 1 saturated carbocycles. The van der Waals surface area contributed by atoms with Crippen LogP contribution >= 0.6 is 15.9 Å². The number of hydrogen-bond donors (Lipinski definition) is 0. The largest absolute Gasteiger partial charge is 0.488 e. The van der Waals surface area contributed by atoms with E-state index in [0.29, 0.717) is 33.6 Å². The average molecular weight is 534 g/mol. The van der Waals surface area contributed by atoms with Gasteiger partial charge >= 0.3 is 0 Å². The van der Waals surface area contributed by atoms with Gasteiger partial charge in [0.05, 0.1) is 17.1 Å². The number of fused-ring (bicyclic) bond motifs is 1. The summed E-state index contributed by atoms with van der Waals surface area (Å²) in [5.74, 6) is 1.12. The summed E-state index contributed by atoms with van der Waals surface area (Å²) in [6, 6.07) is 19.4. The quantitative estimate of drug-likeness (QED) is 0.256. The number of benzene rings is 3. The highest BCUT2D eigenvalue weighted by atomic mass is 79.9. The van der Waals surface area contributed by atoms with Gasteiger partial charge in [-0.3, -0.25) is 4.79 Å². The van der Waals surface area contributed by atoms with Crippen LogP contribution in [0, 0.1) is 5.82 Å². The van der Waals surface area contributed by atoms with Gasteiger partial charge < -0.3 is 4.74 Å². The second-order valence-corrected chi connectivity index (χ2v) is 9.66. The maximum atomic E-state index is 14.1. The highest BCUT2D eigenvalue weighted by Gasteiger charge is 2.22. The third-order valence-electron chi connectivity index (χ3n) is 6.37. The van der Waals surface area contributed by atoms with E-state index in [1.54, 1.807) is 36.5 Å². The van der Waals surface area contributed by atoms with E-state index < -0.39 is 0 Å². The molecule has 1 aliphatic rings. The Morgan fingerprint density at radius 2 is 1.83 bits per heavy atom. The Bertz CT molecular complexity index is 1440. The van der Waals surface area contributed by atoms with Crippen LogP contribution in [0.5, 0.6) is 5.75 Å². The molecule has 3 aromatic carbocycles. The fourth-order valence-corrected chi connectivity index (χ4v) is 4.90. The van der Waals surface area contributed by atoms with Crippen LogP contribution in [0.1, 0.15) is 55.0 Å². The molecule has 1 heterocycles. The Kier molecular flexibility index (Phi) is 7.04. The number of nitrogens with zero attached hydrogens (tertiary/aromatic N) is 3. The van der Waals surface area contributed by atoms with Crippen LogP contribution in [0.4, 0.5) is 4.39 Å². The first kappa shape index (κ1) is 23.4. The monoisotopic (exact) mass is 533 g/mol. The van der Waals surface area contributed by atoms with Crippen LogP contribution < -0.4 is 10.3 Å². The van der Waals surface area contributed by atoms with Crippen molar-refractivity contribution in [3.63, 3.8) is 0 Å². The van der Waals surface area contributed by atoms with Gasteiger partial charge in [0, 0.05) is 21.5 Å². The summed E-state index contributed by atoms with van der Waals surface area (Å²) in [4.78, 5) is 18.3. The van der Waals surface area contributed by atoms with Gasteiger partial charge in [0.1, 0.15) is 24.0 Å². The number of halogens is 2. The normalized spacial score (nSPS) is 14.6. The summed E-state index contributed by atoms with van der Waals surface area (Å²) in [7, 11) is 0. The van der Waals surface area contributed by atoms with Crippen molar-refractivity contribution >= 4 is 33.0 Å². The van der Waals surface area contributed by atoms with E-state index in [2.05, 4.69) is 21.0 Å². The minimum atomic E-state index is -0.314. The van der Waals surface area contributed by atoms with Crippen LogP contribution in [-0.4, -0.2) is 15.9 Å². The van der Waals surface area contributed by atoms with Crippen molar-refractivity contribution < 1.29 is 9.13 Å². The molecule has 4 aromatic rings. The molecule has 1 fully saturated rings. The van der Waals surface area contributed by atoms with Crippen LogP contribution in [0.25, 0.3) is 10.9 Å². The minimum absolute atomic E-state index is 0.0833. The van der Waals surface area contributed by atoms with Crippen molar-refractivity contribution in [3.05, 3.63) is 104 Å². The molecule has 0 N–H and O–H groups in total. The fourth-order valence-electron chi connectivity index (χ4n) is 4.52. The Balaban J connectivity index is 1.53. The van der Waals surface area contributed by atoms with Gasteiger partial charge in [0.15, 0.2) is 0 Å². The SMILES string of the molecule is O=c1c2ccccc2nc(C2CCCCC2)n1N=Cc1cc(Br)ccc1OCc1ccccc1F.